The molecule has 0 saturated heterocycles. The van der Waals surface area contributed by atoms with E-state index in [1.165, 1.54) is 6.33 Å². The van der Waals surface area contributed by atoms with Gasteiger partial charge in [-0.05, 0) is 15.9 Å². The van der Waals surface area contributed by atoms with Gasteiger partial charge in [-0.3, -0.25) is 4.68 Å². The molecule has 1 atom stereocenters. The molecule has 108 valence electrons. The van der Waals surface area contributed by atoms with Crippen LogP contribution < -0.4 is 10.5 Å². The maximum Gasteiger partial charge on any atom is 0.216 e. The molecular weight excluding hydrogens is 326 g/mol. The average Bonchev–Trinajstić information content (AvgIpc) is 2.85. The Morgan fingerprint density at radius 1 is 1.40 bits per heavy atom. The summed E-state index contributed by atoms with van der Waals surface area (Å²) < 4.78 is 12.8. The molecule has 7 nitrogen and oxygen atoms in total. The van der Waals surface area contributed by atoms with Crippen LogP contribution in [0.15, 0.2) is 23.1 Å². The molecule has 0 aliphatic rings. The third kappa shape index (κ3) is 3.14. The van der Waals surface area contributed by atoms with Crippen LogP contribution in [-0.2, 0) is 11.3 Å². The van der Waals surface area contributed by atoms with Crippen molar-refractivity contribution in [2.45, 2.75) is 12.6 Å². The molecule has 0 aliphatic heterocycles. The molecule has 2 aromatic rings. The number of rotatable bonds is 6. The SMILES string of the molecule is COCCn1ncc(Br)c1C(N)c1cc(OC)ncn1. The molecular formula is C12H16BrN5O2. The minimum absolute atomic E-state index is 0.430. The highest BCUT2D eigenvalue weighted by Gasteiger charge is 2.20. The molecule has 8 heteroatoms. The maximum atomic E-state index is 6.28. The number of methoxy groups -OCH3 is 2. The van der Waals surface area contributed by atoms with Gasteiger partial charge in [0.15, 0.2) is 0 Å². The third-order valence-electron chi connectivity index (χ3n) is 2.83. The number of nitrogens with two attached hydrogens (primary N) is 1. The zero-order valence-corrected chi connectivity index (χ0v) is 12.9. The molecule has 0 spiro atoms. The summed E-state index contributed by atoms with van der Waals surface area (Å²) in [7, 11) is 3.20. The van der Waals surface area contributed by atoms with E-state index in [1.54, 1.807) is 31.2 Å². The predicted octanol–water partition coefficient (Wildman–Crippen LogP) is 1.14. The van der Waals surface area contributed by atoms with Gasteiger partial charge in [-0.25, -0.2) is 9.97 Å². The Hall–Kier alpha value is -1.51. The lowest BCUT2D eigenvalue weighted by Crippen LogP contribution is -2.20. The minimum Gasteiger partial charge on any atom is -0.481 e. The van der Waals surface area contributed by atoms with Crippen LogP contribution in [0, 0.1) is 0 Å². The molecule has 0 aliphatic carbocycles. The second-order valence-corrected chi connectivity index (χ2v) is 4.91. The molecule has 0 radical (unpaired) electrons. The van der Waals surface area contributed by atoms with Crippen LogP contribution in [0.25, 0.3) is 0 Å². The lowest BCUT2D eigenvalue weighted by molar-refractivity contribution is 0.182. The Labute approximate surface area is 125 Å². The standard InChI is InChI=1S/C12H16BrN5O2/c1-19-4-3-18-12(8(13)6-17-18)11(14)9-5-10(20-2)16-7-15-9/h5-7,11H,3-4,14H2,1-2H3. The molecule has 2 N–H and O–H groups in total. The molecule has 2 aromatic heterocycles. The Balaban J connectivity index is 2.31. The first-order valence-electron chi connectivity index (χ1n) is 5.99. The Morgan fingerprint density at radius 2 is 2.20 bits per heavy atom. The highest BCUT2D eigenvalue weighted by atomic mass is 79.9. The minimum atomic E-state index is -0.430. The van der Waals surface area contributed by atoms with E-state index in [0.29, 0.717) is 24.7 Å². The van der Waals surface area contributed by atoms with E-state index in [-0.39, 0.29) is 0 Å². The first kappa shape index (κ1) is 14.9. The number of hydrogen-bond donors (Lipinski definition) is 1. The zero-order chi connectivity index (χ0) is 14.5. The summed E-state index contributed by atoms with van der Waals surface area (Å²) in [6.45, 7) is 1.17. The van der Waals surface area contributed by atoms with Crippen LogP contribution in [0.1, 0.15) is 17.4 Å². The van der Waals surface area contributed by atoms with Crippen molar-refractivity contribution in [3.8, 4) is 5.88 Å². The monoisotopic (exact) mass is 341 g/mol. The topological polar surface area (TPSA) is 88.1 Å². The highest BCUT2D eigenvalue weighted by molar-refractivity contribution is 9.10. The Morgan fingerprint density at radius 3 is 2.90 bits per heavy atom. The summed E-state index contributed by atoms with van der Waals surface area (Å²) in [6.07, 6.45) is 3.14. The van der Waals surface area contributed by atoms with E-state index in [4.69, 9.17) is 15.2 Å². The average molecular weight is 342 g/mol. The van der Waals surface area contributed by atoms with Gasteiger partial charge in [-0.15, -0.1) is 0 Å². The molecule has 2 heterocycles. The summed E-state index contributed by atoms with van der Waals surface area (Å²) in [6, 6.07) is 1.28. The Kier molecular flexibility index (Phi) is 5.05. The number of ether oxygens (including phenoxy) is 2. The Bertz CT molecular complexity index is 575. The van der Waals surface area contributed by atoms with Crippen molar-refractivity contribution >= 4 is 15.9 Å². The van der Waals surface area contributed by atoms with E-state index >= 15 is 0 Å². The van der Waals surface area contributed by atoms with Gasteiger partial charge in [0.05, 0.1) is 48.4 Å². The van der Waals surface area contributed by atoms with Crippen LogP contribution in [0.2, 0.25) is 0 Å². The van der Waals surface area contributed by atoms with E-state index in [1.807, 2.05) is 0 Å². The fraction of sp³-hybridized carbons (Fsp3) is 0.417. The predicted molar refractivity (Wildman–Crippen MR) is 76.4 cm³/mol. The summed E-state index contributed by atoms with van der Waals surface area (Å²) in [5.41, 5.74) is 7.78. The number of halogens is 1. The lowest BCUT2D eigenvalue weighted by atomic mass is 10.1. The van der Waals surface area contributed by atoms with Gasteiger partial charge in [0.1, 0.15) is 6.33 Å². The molecule has 0 saturated carbocycles. The van der Waals surface area contributed by atoms with Crippen molar-refractivity contribution in [2.24, 2.45) is 5.73 Å². The number of nitrogens with zero attached hydrogens (tertiary/aromatic N) is 4. The molecule has 1 unspecified atom stereocenters. The van der Waals surface area contributed by atoms with Gasteiger partial charge in [-0.2, -0.15) is 5.10 Å². The maximum absolute atomic E-state index is 6.28. The fourth-order valence-corrected chi connectivity index (χ4v) is 2.36. The van der Waals surface area contributed by atoms with Gasteiger partial charge >= 0.3 is 0 Å². The first-order valence-corrected chi connectivity index (χ1v) is 6.78. The first-order chi connectivity index (χ1) is 9.67. The molecule has 2 rings (SSSR count). The molecule has 0 aromatic carbocycles. The van der Waals surface area contributed by atoms with Gasteiger partial charge in [0, 0.05) is 13.2 Å². The van der Waals surface area contributed by atoms with Gasteiger partial charge in [0.25, 0.3) is 0 Å². The van der Waals surface area contributed by atoms with E-state index in [9.17, 15) is 0 Å². The molecule has 0 bridgehead atoms. The number of hydrogen-bond acceptors (Lipinski definition) is 6. The van der Waals surface area contributed by atoms with Crippen LogP contribution in [-0.4, -0.2) is 40.6 Å². The summed E-state index contributed by atoms with van der Waals surface area (Å²) in [4.78, 5) is 8.17. The van der Waals surface area contributed by atoms with Crippen molar-refractivity contribution in [1.82, 2.24) is 19.7 Å². The quantitative estimate of drug-likeness (QED) is 0.847. The van der Waals surface area contributed by atoms with Crippen molar-refractivity contribution < 1.29 is 9.47 Å². The van der Waals surface area contributed by atoms with Crippen molar-refractivity contribution in [3.05, 3.63) is 34.5 Å². The second-order valence-electron chi connectivity index (χ2n) is 4.06. The normalized spacial score (nSPS) is 12.4. The molecule has 0 fully saturated rings. The molecule has 0 amide bonds. The highest BCUT2D eigenvalue weighted by Crippen LogP contribution is 2.26. The van der Waals surface area contributed by atoms with Gasteiger partial charge in [0.2, 0.25) is 5.88 Å². The van der Waals surface area contributed by atoms with Crippen LogP contribution >= 0.6 is 15.9 Å². The van der Waals surface area contributed by atoms with E-state index < -0.39 is 6.04 Å². The second kappa shape index (κ2) is 6.78. The van der Waals surface area contributed by atoms with Crippen molar-refractivity contribution in [2.75, 3.05) is 20.8 Å². The lowest BCUT2D eigenvalue weighted by Gasteiger charge is -2.15. The largest absolute Gasteiger partial charge is 0.481 e. The van der Waals surface area contributed by atoms with Crippen molar-refractivity contribution in [1.29, 1.82) is 0 Å². The summed E-state index contributed by atoms with van der Waals surface area (Å²) >= 11 is 3.46. The van der Waals surface area contributed by atoms with Crippen LogP contribution in [0.5, 0.6) is 5.88 Å². The van der Waals surface area contributed by atoms with Crippen molar-refractivity contribution in [3.63, 3.8) is 0 Å². The van der Waals surface area contributed by atoms with Crippen LogP contribution in [0.3, 0.4) is 0 Å². The summed E-state index contributed by atoms with van der Waals surface area (Å²) in [5, 5.41) is 4.28. The third-order valence-corrected chi connectivity index (χ3v) is 3.44. The van der Waals surface area contributed by atoms with E-state index in [0.717, 1.165) is 10.2 Å². The van der Waals surface area contributed by atoms with Gasteiger partial charge in [-0.1, -0.05) is 0 Å². The van der Waals surface area contributed by atoms with Crippen LogP contribution in [0.4, 0.5) is 0 Å². The molecule has 20 heavy (non-hydrogen) atoms. The number of aromatic nitrogens is 4. The van der Waals surface area contributed by atoms with Gasteiger partial charge < -0.3 is 15.2 Å². The zero-order valence-electron chi connectivity index (χ0n) is 11.3. The fourth-order valence-electron chi connectivity index (χ4n) is 1.81. The summed E-state index contributed by atoms with van der Waals surface area (Å²) in [5.74, 6) is 0.476. The van der Waals surface area contributed by atoms with E-state index in [2.05, 4.69) is 31.0 Å². The smallest absolute Gasteiger partial charge is 0.216 e.